The summed E-state index contributed by atoms with van der Waals surface area (Å²) in [5.74, 6) is -0.581. The number of nitrogens with one attached hydrogen (secondary N) is 1. The highest BCUT2D eigenvalue weighted by Crippen LogP contribution is 1.96. The van der Waals surface area contributed by atoms with E-state index in [2.05, 4.69) is 21.7 Å². The number of carbonyl (C=O) groups is 2. The average Bonchev–Trinajstić information content (AvgIpc) is 2.38. The lowest BCUT2D eigenvalue weighted by Gasteiger charge is -1.98. The van der Waals surface area contributed by atoms with Crippen LogP contribution in [0.15, 0.2) is 43.0 Å². The predicted molar refractivity (Wildman–Crippen MR) is 64.6 cm³/mol. The first-order chi connectivity index (χ1) is 8.60. The van der Waals surface area contributed by atoms with E-state index in [1.165, 1.54) is 7.11 Å². The first kappa shape index (κ1) is 15.7. The number of hydrogen-bond acceptors (Lipinski definition) is 4. The maximum absolute atomic E-state index is 10.1. The van der Waals surface area contributed by atoms with Crippen molar-refractivity contribution < 1.29 is 24.5 Å². The minimum Gasteiger partial charge on any atom is -0.465 e. The smallest absolute Gasteiger partial charge is 0.404 e. The Hall–Kier alpha value is -2.34. The van der Waals surface area contributed by atoms with Crippen LogP contribution in [-0.4, -0.2) is 24.3 Å². The van der Waals surface area contributed by atoms with Gasteiger partial charge in [0.25, 0.3) is 0 Å². The van der Waals surface area contributed by atoms with Crippen molar-refractivity contribution in [2.24, 2.45) is 0 Å². The van der Waals surface area contributed by atoms with E-state index in [4.69, 9.17) is 5.11 Å². The zero-order chi connectivity index (χ0) is 13.8. The van der Waals surface area contributed by atoms with E-state index < -0.39 is 12.1 Å². The van der Waals surface area contributed by atoms with Crippen LogP contribution in [0.25, 0.3) is 0 Å². The van der Waals surface area contributed by atoms with Gasteiger partial charge in [-0.05, 0) is 5.56 Å². The van der Waals surface area contributed by atoms with Crippen molar-refractivity contribution in [3.63, 3.8) is 0 Å². The largest absolute Gasteiger partial charge is 0.465 e. The van der Waals surface area contributed by atoms with Crippen LogP contribution >= 0.6 is 0 Å². The summed E-state index contributed by atoms with van der Waals surface area (Å²) in [5.41, 5.74) is 0.968. The van der Waals surface area contributed by atoms with Crippen molar-refractivity contribution in [3.8, 4) is 0 Å². The lowest BCUT2D eigenvalue weighted by molar-refractivity contribution is -0.249. The van der Waals surface area contributed by atoms with Crippen LogP contribution in [-0.2, 0) is 21.1 Å². The van der Waals surface area contributed by atoms with Crippen molar-refractivity contribution in [3.05, 3.63) is 48.6 Å². The number of hydrogen-bond donors (Lipinski definition) is 2. The number of amides is 1. The van der Waals surface area contributed by atoms with Crippen LogP contribution in [0.1, 0.15) is 5.56 Å². The van der Waals surface area contributed by atoms with Gasteiger partial charge in [-0.25, -0.2) is 9.59 Å². The molecule has 0 unspecified atom stereocenters. The predicted octanol–water partition coefficient (Wildman–Crippen LogP) is 1.73. The molecule has 6 heteroatoms. The molecular weight excluding hydrogens is 238 g/mol. The van der Waals surface area contributed by atoms with Gasteiger partial charge in [-0.3, -0.25) is 4.89 Å². The van der Waals surface area contributed by atoms with Crippen molar-refractivity contribution in [1.82, 2.24) is 5.32 Å². The molecule has 0 aliphatic heterocycles. The minimum atomic E-state index is -0.992. The fraction of sp³-hybridized carbons (Fsp3) is 0.167. The molecule has 1 aromatic rings. The Morgan fingerprint density at radius 1 is 1.39 bits per heavy atom. The van der Waals surface area contributed by atoms with Crippen LogP contribution in [0.4, 0.5) is 4.79 Å². The summed E-state index contributed by atoms with van der Waals surface area (Å²) < 4.78 is 0. The van der Waals surface area contributed by atoms with Gasteiger partial charge in [0.1, 0.15) is 0 Å². The van der Waals surface area contributed by atoms with Crippen LogP contribution < -0.4 is 5.32 Å². The molecule has 0 saturated carbocycles. The van der Waals surface area contributed by atoms with Crippen molar-refractivity contribution in [2.45, 2.75) is 6.54 Å². The minimum absolute atomic E-state index is 0.371. The van der Waals surface area contributed by atoms with E-state index in [-0.39, 0.29) is 0 Å². The summed E-state index contributed by atoms with van der Waals surface area (Å²) in [6.07, 6.45) is 0.0256. The third-order valence-corrected chi connectivity index (χ3v) is 1.62. The number of benzene rings is 1. The second-order valence-corrected chi connectivity index (χ2v) is 2.92. The summed E-state index contributed by atoms with van der Waals surface area (Å²) in [4.78, 5) is 27.9. The Balaban J connectivity index is 0.000000360. The van der Waals surface area contributed by atoms with Gasteiger partial charge in [0, 0.05) is 12.6 Å². The van der Waals surface area contributed by atoms with Crippen molar-refractivity contribution in [1.29, 1.82) is 0 Å². The third-order valence-electron chi connectivity index (χ3n) is 1.62. The quantitative estimate of drug-likeness (QED) is 0.485. The fourth-order valence-corrected chi connectivity index (χ4v) is 0.890. The van der Waals surface area contributed by atoms with Gasteiger partial charge in [0.15, 0.2) is 0 Å². The normalized spacial score (nSPS) is 8.50. The monoisotopic (exact) mass is 253 g/mol. The van der Waals surface area contributed by atoms with Crippen LogP contribution in [0.3, 0.4) is 0 Å². The molecule has 0 saturated heterocycles. The third kappa shape index (κ3) is 8.93. The molecule has 6 nitrogen and oxygen atoms in total. The molecule has 0 aliphatic rings. The Bertz CT molecular complexity index is 377. The van der Waals surface area contributed by atoms with E-state index in [0.29, 0.717) is 6.54 Å². The summed E-state index contributed by atoms with van der Waals surface area (Å²) in [5, 5.41) is 10.5. The number of rotatable bonds is 4. The van der Waals surface area contributed by atoms with Crippen LogP contribution in [0, 0.1) is 0 Å². The maximum atomic E-state index is 10.1. The maximum Gasteiger partial charge on any atom is 0.404 e. The molecule has 0 radical (unpaired) electrons. The van der Waals surface area contributed by atoms with Gasteiger partial charge in [0.2, 0.25) is 0 Å². The molecule has 1 aromatic carbocycles. The fourth-order valence-electron chi connectivity index (χ4n) is 0.890. The molecule has 1 rings (SSSR count). The van der Waals surface area contributed by atoms with Gasteiger partial charge < -0.3 is 10.4 Å². The standard InChI is InChI=1S/C8H9NO2.C4H6O3/c10-8(11)9-6-7-4-2-1-3-5-7;1-3-4(5)7-6-2/h1-5,9H,6H2,(H,10,11);3H,1H2,2H3. The summed E-state index contributed by atoms with van der Waals surface area (Å²) >= 11 is 0. The first-order valence-corrected chi connectivity index (χ1v) is 4.98. The van der Waals surface area contributed by atoms with E-state index >= 15 is 0 Å². The molecular formula is C12H15NO5. The summed E-state index contributed by atoms with van der Waals surface area (Å²) in [6.45, 7) is 3.50. The van der Waals surface area contributed by atoms with Gasteiger partial charge in [-0.1, -0.05) is 36.9 Å². The van der Waals surface area contributed by atoms with E-state index in [9.17, 15) is 9.59 Å². The van der Waals surface area contributed by atoms with Crippen molar-refractivity contribution in [2.75, 3.05) is 7.11 Å². The Morgan fingerprint density at radius 2 is 2.00 bits per heavy atom. The molecule has 1 amide bonds. The van der Waals surface area contributed by atoms with Crippen molar-refractivity contribution >= 4 is 12.1 Å². The summed E-state index contributed by atoms with van der Waals surface area (Å²) in [7, 11) is 1.25. The Kier molecular flexibility index (Phi) is 8.57. The Labute approximate surface area is 105 Å². The topological polar surface area (TPSA) is 84.9 Å². The van der Waals surface area contributed by atoms with Crippen LogP contribution in [0.2, 0.25) is 0 Å². The number of carboxylic acid groups (broad SMARTS) is 1. The van der Waals surface area contributed by atoms with Gasteiger partial charge in [-0.2, -0.15) is 4.89 Å². The lowest BCUT2D eigenvalue weighted by atomic mass is 10.2. The second-order valence-electron chi connectivity index (χ2n) is 2.92. The molecule has 0 heterocycles. The van der Waals surface area contributed by atoms with Gasteiger partial charge in [-0.15, -0.1) is 0 Å². The summed E-state index contributed by atoms with van der Waals surface area (Å²) in [6, 6.07) is 9.38. The molecule has 0 atom stereocenters. The molecule has 0 fully saturated rings. The molecule has 98 valence electrons. The molecule has 0 spiro atoms. The zero-order valence-electron chi connectivity index (χ0n) is 9.96. The first-order valence-electron chi connectivity index (χ1n) is 4.98. The molecule has 0 aromatic heterocycles. The average molecular weight is 253 g/mol. The number of carbonyl (C=O) groups excluding carboxylic acids is 1. The van der Waals surface area contributed by atoms with Gasteiger partial charge >= 0.3 is 12.1 Å². The Morgan fingerprint density at radius 3 is 2.39 bits per heavy atom. The lowest BCUT2D eigenvalue weighted by Crippen LogP contribution is -2.19. The highest BCUT2D eigenvalue weighted by atomic mass is 17.2. The highest BCUT2D eigenvalue weighted by molar-refractivity contribution is 5.80. The SMILES string of the molecule is C=CC(=O)OOC.O=C(O)NCc1ccccc1. The molecule has 18 heavy (non-hydrogen) atoms. The molecule has 0 bridgehead atoms. The second kappa shape index (κ2) is 9.86. The van der Waals surface area contributed by atoms with E-state index in [1.807, 2.05) is 30.3 Å². The molecule has 0 aliphatic carbocycles. The van der Waals surface area contributed by atoms with E-state index in [1.54, 1.807) is 0 Å². The van der Waals surface area contributed by atoms with Crippen LogP contribution in [0.5, 0.6) is 0 Å². The zero-order valence-corrected chi connectivity index (χ0v) is 9.96. The molecule has 2 N–H and O–H groups in total. The van der Waals surface area contributed by atoms with Gasteiger partial charge in [0.05, 0.1) is 7.11 Å². The van der Waals surface area contributed by atoms with E-state index in [0.717, 1.165) is 11.6 Å². The highest BCUT2D eigenvalue weighted by Gasteiger charge is 1.93.